The molecular weight excluding hydrogens is 590 g/mol. The van der Waals surface area contributed by atoms with Gasteiger partial charge in [-0.2, -0.15) is 0 Å². The molecule has 0 bridgehead atoms. The molecule has 1 atom stereocenters. The Morgan fingerprint density at radius 3 is 2.08 bits per heavy atom. The number of hydrogen-bond donors (Lipinski definition) is 1. The van der Waals surface area contributed by atoms with Gasteiger partial charge in [0.2, 0.25) is 21.8 Å². The smallest absolute Gasteiger partial charge is 0.244 e. The Labute approximate surface area is 246 Å². The van der Waals surface area contributed by atoms with E-state index in [1.54, 1.807) is 12.1 Å². The molecule has 0 aliphatic heterocycles. The predicted octanol–water partition coefficient (Wildman–Crippen LogP) is 5.50. The first-order chi connectivity index (χ1) is 19.0. The Balaban J connectivity index is 2.02. The van der Waals surface area contributed by atoms with E-state index in [0.29, 0.717) is 18.7 Å². The number of benzene rings is 3. The van der Waals surface area contributed by atoms with Crippen LogP contribution in [0.2, 0.25) is 0 Å². The molecule has 0 saturated heterocycles. The van der Waals surface area contributed by atoms with Gasteiger partial charge in [0, 0.05) is 24.0 Å². The molecule has 0 aliphatic carbocycles. The van der Waals surface area contributed by atoms with Crippen LogP contribution in [-0.2, 0) is 32.6 Å². The lowest BCUT2D eigenvalue weighted by Gasteiger charge is -2.33. The largest absolute Gasteiger partial charge is 0.354 e. The lowest BCUT2D eigenvalue weighted by atomic mass is 10.0. The van der Waals surface area contributed by atoms with E-state index in [1.807, 2.05) is 73.7 Å². The summed E-state index contributed by atoms with van der Waals surface area (Å²) in [6.07, 6.45) is 2.13. The third-order valence-electron chi connectivity index (χ3n) is 6.61. The van der Waals surface area contributed by atoms with Crippen molar-refractivity contribution < 1.29 is 18.0 Å². The number of carbonyl (C=O) groups excluding carboxylic acids is 2. The van der Waals surface area contributed by atoms with Gasteiger partial charge in [0.05, 0.1) is 11.9 Å². The molecule has 1 N–H and O–H groups in total. The standard InChI is InChI=1S/C31H38BrN3O4S/c1-5-19-33-31(37)29(20-24-9-7-6-8-10-24)34(21-25-11-15-27(32)16-12-25)30(36)22-35(40(4,38)39)28-17-13-26(14-18-28)23(2)3/h6-18,23,29H,5,19-22H2,1-4H3,(H,33,37)/t29-/m1/s1. The summed E-state index contributed by atoms with van der Waals surface area (Å²) in [6.45, 7) is 6.27. The monoisotopic (exact) mass is 627 g/mol. The summed E-state index contributed by atoms with van der Waals surface area (Å²) in [5, 5.41) is 2.94. The van der Waals surface area contributed by atoms with Crippen molar-refractivity contribution in [2.24, 2.45) is 0 Å². The fraction of sp³-hybridized carbons (Fsp3) is 0.355. The number of nitrogens with one attached hydrogen (secondary N) is 1. The van der Waals surface area contributed by atoms with E-state index in [0.717, 1.165) is 38.1 Å². The van der Waals surface area contributed by atoms with E-state index in [9.17, 15) is 18.0 Å². The highest BCUT2D eigenvalue weighted by molar-refractivity contribution is 9.10. The lowest BCUT2D eigenvalue weighted by Crippen LogP contribution is -2.53. The maximum absolute atomic E-state index is 14.1. The fourth-order valence-electron chi connectivity index (χ4n) is 4.35. The van der Waals surface area contributed by atoms with E-state index in [2.05, 4.69) is 35.1 Å². The normalized spacial score (nSPS) is 12.2. The molecule has 3 rings (SSSR count). The van der Waals surface area contributed by atoms with Gasteiger partial charge in [-0.1, -0.05) is 91.3 Å². The first-order valence-corrected chi connectivity index (χ1v) is 16.1. The average molecular weight is 629 g/mol. The van der Waals surface area contributed by atoms with Gasteiger partial charge in [-0.05, 0) is 53.3 Å². The number of sulfonamides is 1. The zero-order valence-electron chi connectivity index (χ0n) is 23.5. The second kappa shape index (κ2) is 14.5. The molecule has 0 spiro atoms. The van der Waals surface area contributed by atoms with Gasteiger partial charge in [-0.3, -0.25) is 13.9 Å². The van der Waals surface area contributed by atoms with Crippen molar-refractivity contribution in [2.75, 3.05) is 23.7 Å². The maximum Gasteiger partial charge on any atom is 0.244 e. The van der Waals surface area contributed by atoms with Crippen LogP contribution in [0.1, 0.15) is 49.8 Å². The van der Waals surface area contributed by atoms with Gasteiger partial charge < -0.3 is 10.2 Å². The summed E-state index contributed by atoms with van der Waals surface area (Å²) in [7, 11) is -3.80. The molecule has 9 heteroatoms. The molecule has 0 saturated carbocycles. The van der Waals surface area contributed by atoms with Crippen molar-refractivity contribution in [1.29, 1.82) is 0 Å². The lowest BCUT2D eigenvalue weighted by molar-refractivity contribution is -0.140. The molecule has 214 valence electrons. The van der Waals surface area contributed by atoms with Crippen LogP contribution in [0.4, 0.5) is 5.69 Å². The van der Waals surface area contributed by atoms with Crippen molar-refractivity contribution in [3.05, 3.63) is 100 Å². The summed E-state index contributed by atoms with van der Waals surface area (Å²) in [5.74, 6) is -0.457. The number of halogens is 1. The average Bonchev–Trinajstić information content (AvgIpc) is 2.93. The minimum absolute atomic E-state index is 0.146. The summed E-state index contributed by atoms with van der Waals surface area (Å²) >= 11 is 3.44. The van der Waals surface area contributed by atoms with Crippen LogP contribution in [0.5, 0.6) is 0 Å². The molecule has 40 heavy (non-hydrogen) atoms. The fourth-order valence-corrected chi connectivity index (χ4v) is 5.46. The highest BCUT2D eigenvalue weighted by Crippen LogP contribution is 2.23. The van der Waals surface area contributed by atoms with E-state index in [-0.39, 0.29) is 18.4 Å². The summed E-state index contributed by atoms with van der Waals surface area (Å²) in [4.78, 5) is 29.1. The summed E-state index contributed by atoms with van der Waals surface area (Å²) in [6, 6.07) is 23.4. The number of hydrogen-bond acceptors (Lipinski definition) is 4. The van der Waals surface area contributed by atoms with Gasteiger partial charge in [0.25, 0.3) is 0 Å². The predicted molar refractivity (Wildman–Crippen MR) is 165 cm³/mol. The van der Waals surface area contributed by atoms with E-state index in [4.69, 9.17) is 0 Å². The first-order valence-electron chi connectivity index (χ1n) is 13.4. The Morgan fingerprint density at radius 2 is 1.52 bits per heavy atom. The van der Waals surface area contributed by atoms with E-state index < -0.39 is 28.5 Å². The van der Waals surface area contributed by atoms with Gasteiger partial charge >= 0.3 is 0 Å². The number of nitrogens with zero attached hydrogens (tertiary/aromatic N) is 2. The third-order valence-corrected chi connectivity index (χ3v) is 8.28. The Bertz CT molecular complexity index is 1360. The molecule has 2 amide bonds. The van der Waals surface area contributed by atoms with Crippen LogP contribution in [0.25, 0.3) is 0 Å². The quantitative estimate of drug-likeness (QED) is 0.271. The number of amides is 2. The third kappa shape index (κ3) is 8.93. The van der Waals surface area contributed by atoms with Crippen molar-refractivity contribution in [1.82, 2.24) is 10.2 Å². The highest BCUT2D eigenvalue weighted by atomic mass is 79.9. The van der Waals surface area contributed by atoms with Crippen molar-refractivity contribution in [2.45, 2.75) is 52.1 Å². The Hall–Kier alpha value is -3.17. The van der Waals surface area contributed by atoms with Crippen LogP contribution in [0.3, 0.4) is 0 Å². The molecule has 0 aromatic heterocycles. The minimum atomic E-state index is -3.80. The topological polar surface area (TPSA) is 86.8 Å². The van der Waals surface area contributed by atoms with Crippen LogP contribution < -0.4 is 9.62 Å². The van der Waals surface area contributed by atoms with Crippen LogP contribution in [-0.4, -0.2) is 50.5 Å². The zero-order valence-corrected chi connectivity index (χ0v) is 25.9. The number of anilines is 1. The van der Waals surface area contributed by atoms with E-state index >= 15 is 0 Å². The second-order valence-electron chi connectivity index (χ2n) is 10.2. The number of carbonyl (C=O) groups is 2. The molecule has 7 nitrogen and oxygen atoms in total. The Kier molecular flexibility index (Phi) is 11.3. The molecule has 3 aromatic rings. The molecule has 3 aromatic carbocycles. The molecule has 0 fully saturated rings. The Morgan fingerprint density at radius 1 is 0.900 bits per heavy atom. The first kappa shape index (κ1) is 31.4. The molecule has 0 aliphatic rings. The van der Waals surface area contributed by atoms with Crippen LogP contribution in [0.15, 0.2) is 83.3 Å². The molecule has 0 heterocycles. The summed E-state index contributed by atoms with van der Waals surface area (Å²) < 4.78 is 27.8. The van der Waals surface area contributed by atoms with Crippen molar-refractivity contribution in [3.8, 4) is 0 Å². The summed E-state index contributed by atoms with van der Waals surface area (Å²) in [5.41, 5.74) is 3.19. The van der Waals surface area contributed by atoms with E-state index in [1.165, 1.54) is 4.90 Å². The highest BCUT2D eigenvalue weighted by Gasteiger charge is 2.33. The van der Waals surface area contributed by atoms with Gasteiger partial charge in [-0.25, -0.2) is 8.42 Å². The molecule has 0 radical (unpaired) electrons. The van der Waals surface area contributed by atoms with Gasteiger partial charge in [0.1, 0.15) is 12.6 Å². The van der Waals surface area contributed by atoms with Crippen molar-refractivity contribution >= 4 is 43.5 Å². The maximum atomic E-state index is 14.1. The SMILES string of the molecule is CCCNC(=O)[C@@H](Cc1ccccc1)N(Cc1ccc(Br)cc1)C(=O)CN(c1ccc(C(C)C)cc1)S(C)(=O)=O. The molecular formula is C31H38BrN3O4S. The molecule has 0 unspecified atom stereocenters. The van der Waals surface area contributed by atoms with Crippen LogP contribution >= 0.6 is 15.9 Å². The second-order valence-corrected chi connectivity index (χ2v) is 13.0. The minimum Gasteiger partial charge on any atom is -0.354 e. The van der Waals surface area contributed by atoms with Gasteiger partial charge in [-0.15, -0.1) is 0 Å². The number of rotatable bonds is 13. The van der Waals surface area contributed by atoms with Gasteiger partial charge in [0.15, 0.2) is 0 Å². The van der Waals surface area contributed by atoms with Crippen LogP contribution in [0, 0.1) is 0 Å². The zero-order chi connectivity index (χ0) is 29.3. The van der Waals surface area contributed by atoms with Crippen molar-refractivity contribution in [3.63, 3.8) is 0 Å².